The van der Waals surface area contributed by atoms with Crippen molar-refractivity contribution in [3.8, 4) is 0 Å². The number of rotatable bonds is 5. The Hall–Kier alpha value is -0.120. The van der Waals surface area contributed by atoms with Crippen molar-refractivity contribution in [1.82, 2.24) is 9.80 Å². The molecule has 106 valence electrons. The summed E-state index contributed by atoms with van der Waals surface area (Å²) in [5.74, 6) is 0.723. The molecule has 0 saturated carbocycles. The lowest BCUT2D eigenvalue weighted by molar-refractivity contribution is 0.160. The Balaban J connectivity index is 1.70. The minimum absolute atomic E-state index is 0.366. The first-order chi connectivity index (χ1) is 8.65. The zero-order valence-electron chi connectivity index (χ0n) is 12.3. The van der Waals surface area contributed by atoms with Gasteiger partial charge in [-0.05, 0) is 51.2 Å². The highest BCUT2D eigenvalue weighted by molar-refractivity contribution is 4.86. The molecule has 0 radical (unpaired) electrons. The van der Waals surface area contributed by atoms with E-state index in [4.69, 9.17) is 5.73 Å². The molecule has 2 atom stereocenters. The Bertz CT molecular complexity index is 236. The van der Waals surface area contributed by atoms with E-state index in [1.165, 1.54) is 51.9 Å². The van der Waals surface area contributed by atoms with Crippen molar-refractivity contribution in [3.63, 3.8) is 0 Å². The highest BCUT2D eigenvalue weighted by Crippen LogP contribution is 2.20. The lowest BCUT2D eigenvalue weighted by Crippen LogP contribution is -2.42. The summed E-state index contributed by atoms with van der Waals surface area (Å²) in [6, 6.07) is 1.18. The summed E-state index contributed by atoms with van der Waals surface area (Å²) in [4.78, 5) is 5.31. The van der Waals surface area contributed by atoms with Crippen LogP contribution in [0.5, 0.6) is 0 Å². The van der Waals surface area contributed by atoms with Crippen molar-refractivity contribution in [3.05, 3.63) is 0 Å². The summed E-state index contributed by atoms with van der Waals surface area (Å²) >= 11 is 0. The summed E-state index contributed by atoms with van der Waals surface area (Å²) < 4.78 is 0. The molecule has 0 aromatic heterocycles. The molecular weight excluding hydrogens is 222 g/mol. The van der Waals surface area contributed by atoms with Crippen LogP contribution in [-0.4, -0.2) is 54.6 Å². The number of hydrogen-bond acceptors (Lipinski definition) is 3. The van der Waals surface area contributed by atoms with Crippen LogP contribution in [0.1, 0.15) is 46.0 Å². The zero-order valence-corrected chi connectivity index (χ0v) is 12.3. The van der Waals surface area contributed by atoms with Gasteiger partial charge in [-0.2, -0.15) is 0 Å². The molecule has 0 spiro atoms. The first kappa shape index (κ1) is 14.3. The van der Waals surface area contributed by atoms with E-state index in [9.17, 15) is 0 Å². The first-order valence-corrected chi connectivity index (χ1v) is 7.87. The number of nitrogens with two attached hydrogens (primary N) is 1. The Morgan fingerprint density at radius 2 is 1.83 bits per heavy atom. The summed E-state index contributed by atoms with van der Waals surface area (Å²) in [7, 11) is 0. The molecule has 0 amide bonds. The minimum atomic E-state index is 0.366. The molecule has 2 saturated heterocycles. The maximum atomic E-state index is 6.22. The van der Waals surface area contributed by atoms with Gasteiger partial charge in [-0.15, -0.1) is 0 Å². The predicted molar refractivity (Wildman–Crippen MR) is 77.7 cm³/mol. The lowest BCUT2D eigenvalue weighted by Gasteiger charge is -2.32. The van der Waals surface area contributed by atoms with Gasteiger partial charge in [-0.25, -0.2) is 0 Å². The van der Waals surface area contributed by atoms with Gasteiger partial charge in [0.25, 0.3) is 0 Å². The molecular formula is C15H31N3. The van der Waals surface area contributed by atoms with Gasteiger partial charge in [-0.3, -0.25) is 4.90 Å². The zero-order chi connectivity index (χ0) is 13.0. The van der Waals surface area contributed by atoms with Crippen molar-refractivity contribution in [1.29, 1.82) is 0 Å². The minimum Gasteiger partial charge on any atom is -0.327 e. The van der Waals surface area contributed by atoms with E-state index in [0.29, 0.717) is 6.04 Å². The van der Waals surface area contributed by atoms with Gasteiger partial charge >= 0.3 is 0 Å². The standard InChI is InChI=1S/C15H31N3/c1-13(2)10-14(16)11-17-9-6-15(12-17)18-7-4-3-5-8-18/h13-15H,3-12,16H2,1-2H3. The van der Waals surface area contributed by atoms with Crippen LogP contribution in [0.3, 0.4) is 0 Å². The van der Waals surface area contributed by atoms with Gasteiger partial charge < -0.3 is 10.6 Å². The second kappa shape index (κ2) is 6.88. The summed E-state index contributed by atoms with van der Waals surface area (Å²) in [6.07, 6.45) is 6.76. The molecule has 2 fully saturated rings. The molecule has 2 heterocycles. The van der Waals surface area contributed by atoms with Gasteiger partial charge in [0.05, 0.1) is 0 Å². The number of nitrogens with zero attached hydrogens (tertiary/aromatic N) is 2. The van der Waals surface area contributed by atoms with E-state index in [1.807, 2.05) is 0 Å². The molecule has 2 rings (SSSR count). The molecule has 3 heteroatoms. The molecule has 2 aliphatic rings. The number of hydrogen-bond donors (Lipinski definition) is 1. The van der Waals surface area contributed by atoms with Gasteiger partial charge in [-0.1, -0.05) is 20.3 Å². The van der Waals surface area contributed by atoms with Crippen LogP contribution in [0.15, 0.2) is 0 Å². The maximum absolute atomic E-state index is 6.22. The molecule has 2 aliphatic heterocycles. The van der Waals surface area contributed by atoms with E-state index in [-0.39, 0.29) is 0 Å². The summed E-state index contributed by atoms with van der Waals surface area (Å²) in [5, 5.41) is 0. The Morgan fingerprint density at radius 1 is 1.11 bits per heavy atom. The normalized spacial score (nSPS) is 29.0. The fourth-order valence-electron chi connectivity index (χ4n) is 3.57. The fraction of sp³-hybridized carbons (Fsp3) is 1.00. The predicted octanol–water partition coefficient (Wildman–Crippen LogP) is 1.92. The average Bonchev–Trinajstić information content (AvgIpc) is 2.77. The van der Waals surface area contributed by atoms with E-state index in [2.05, 4.69) is 23.6 Å². The number of likely N-dealkylation sites (tertiary alicyclic amines) is 2. The van der Waals surface area contributed by atoms with Crippen molar-refractivity contribution < 1.29 is 0 Å². The van der Waals surface area contributed by atoms with Crippen molar-refractivity contribution in [2.75, 3.05) is 32.7 Å². The molecule has 0 bridgehead atoms. The second-order valence-corrected chi connectivity index (χ2v) is 6.69. The molecule has 2 unspecified atom stereocenters. The van der Waals surface area contributed by atoms with E-state index in [1.54, 1.807) is 0 Å². The molecule has 0 aliphatic carbocycles. The van der Waals surface area contributed by atoms with Crippen LogP contribution < -0.4 is 5.73 Å². The smallest absolute Gasteiger partial charge is 0.0235 e. The maximum Gasteiger partial charge on any atom is 0.0235 e. The van der Waals surface area contributed by atoms with Crippen LogP contribution in [-0.2, 0) is 0 Å². The topological polar surface area (TPSA) is 32.5 Å². The van der Waals surface area contributed by atoms with Gasteiger partial charge in [0.1, 0.15) is 0 Å². The van der Waals surface area contributed by atoms with Crippen molar-refractivity contribution in [2.45, 2.75) is 58.0 Å². The van der Waals surface area contributed by atoms with Crippen molar-refractivity contribution >= 4 is 0 Å². The highest BCUT2D eigenvalue weighted by Gasteiger charge is 2.28. The van der Waals surface area contributed by atoms with Gasteiger partial charge in [0.2, 0.25) is 0 Å². The van der Waals surface area contributed by atoms with Crippen LogP contribution in [0, 0.1) is 5.92 Å². The average molecular weight is 253 g/mol. The molecule has 18 heavy (non-hydrogen) atoms. The van der Waals surface area contributed by atoms with Crippen LogP contribution >= 0.6 is 0 Å². The van der Waals surface area contributed by atoms with Gasteiger partial charge in [0, 0.05) is 25.2 Å². The Kier molecular flexibility index (Phi) is 5.46. The third-order valence-electron chi connectivity index (χ3n) is 4.42. The molecule has 3 nitrogen and oxygen atoms in total. The van der Waals surface area contributed by atoms with Gasteiger partial charge in [0.15, 0.2) is 0 Å². The molecule has 2 N–H and O–H groups in total. The summed E-state index contributed by atoms with van der Waals surface area (Å²) in [6.45, 7) is 10.8. The molecule has 0 aromatic rings. The van der Waals surface area contributed by atoms with Crippen LogP contribution in [0.4, 0.5) is 0 Å². The van der Waals surface area contributed by atoms with Crippen molar-refractivity contribution in [2.24, 2.45) is 11.7 Å². The second-order valence-electron chi connectivity index (χ2n) is 6.69. The van der Waals surface area contributed by atoms with E-state index >= 15 is 0 Å². The quantitative estimate of drug-likeness (QED) is 0.812. The fourth-order valence-corrected chi connectivity index (χ4v) is 3.57. The SMILES string of the molecule is CC(C)CC(N)CN1CCC(N2CCCCC2)C1. The Morgan fingerprint density at radius 3 is 2.50 bits per heavy atom. The lowest BCUT2D eigenvalue weighted by atomic mass is 10.0. The first-order valence-electron chi connectivity index (χ1n) is 7.87. The van der Waals surface area contributed by atoms with Crippen LogP contribution in [0.25, 0.3) is 0 Å². The molecule has 0 aromatic carbocycles. The third kappa shape index (κ3) is 4.22. The monoisotopic (exact) mass is 253 g/mol. The third-order valence-corrected chi connectivity index (χ3v) is 4.42. The largest absolute Gasteiger partial charge is 0.327 e. The van der Waals surface area contributed by atoms with E-state index in [0.717, 1.165) is 24.9 Å². The Labute approximate surface area is 113 Å². The van der Waals surface area contributed by atoms with Crippen LogP contribution in [0.2, 0.25) is 0 Å². The summed E-state index contributed by atoms with van der Waals surface area (Å²) in [5.41, 5.74) is 6.22. The number of piperidine rings is 1. The highest BCUT2D eigenvalue weighted by atomic mass is 15.3. The van der Waals surface area contributed by atoms with E-state index < -0.39 is 0 Å².